The van der Waals surface area contributed by atoms with Crippen LogP contribution < -0.4 is 10.2 Å². The Bertz CT molecular complexity index is 983. The quantitative estimate of drug-likeness (QED) is 0.498. The number of alkyl halides is 5. The van der Waals surface area contributed by atoms with Crippen LogP contribution >= 0.6 is 11.8 Å². The van der Waals surface area contributed by atoms with Gasteiger partial charge >= 0.3 is 6.18 Å². The Kier molecular flexibility index (Phi) is 6.45. The Labute approximate surface area is 180 Å². The zero-order valence-corrected chi connectivity index (χ0v) is 17.9. The van der Waals surface area contributed by atoms with Gasteiger partial charge in [0, 0.05) is 37.3 Å². The summed E-state index contributed by atoms with van der Waals surface area (Å²) in [5, 5.41) is 3.18. The molecule has 3 heterocycles. The number of aryl methyl sites for hydroxylation is 1. The van der Waals surface area contributed by atoms with E-state index < -0.39 is 35.9 Å². The molecule has 2 aromatic heterocycles. The fraction of sp³-hybridized carbons (Fsp3) is 0.450. The molecule has 1 aliphatic rings. The van der Waals surface area contributed by atoms with Crippen molar-refractivity contribution < 1.29 is 26.7 Å². The number of piperidine rings is 1. The van der Waals surface area contributed by atoms with Crippen molar-refractivity contribution in [3.05, 3.63) is 41.2 Å². The third-order valence-corrected chi connectivity index (χ3v) is 5.82. The van der Waals surface area contributed by atoms with Gasteiger partial charge in [0.2, 0.25) is 0 Å². The van der Waals surface area contributed by atoms with Crippen LogP contribution in [-0.4, -0.2) is 41.1 Å². The molecule has 1 saturated heterocycles. The molecule has 1 unspecified atom stereocenters. The first-order valence-corrected chi connectivity index (χ1v) is 10.7. The van der Waals surface area contributed by atoms with E-state index in [1.807, 2.05) is 0 Å². The number of halogens is 5. The average Bonchev–Trinajstić information content (AvgIpc) is 2.69. The van der Waals surface area contributed by atoms with Crippen LogP contribution in [-0.2, 0) is 6.18 Å². The number of carbonyl (C=O) groups is 1. The van der Waals surface area contributed by atoms with E-state index in [0.717, 1.165) is 6.07 Å². The summed E-state index contributed by atoms with van der Waals surface area (Å²) in [6.07, 6.45) is -1.93. The van der Waals surface area contributed by atoms with Crippen molar-refractivity contribution in [2.45, 2.75) is 37.4 Å². The predicted octanol–water partition coefficient (Wildman–Crippen LogP) is 5.26. The van der Waals surface area contributed by atoms with Crippen molar-refractivity contribution in [2.24, 2.45) is 5.92 Å². The second-order valence-corrected chi connectivity index (χ2v) is 8.22. The molecule has 2 aromatic rings. The molecule has 0 bridgehead atoms. The van der Waals surface area contributed by atoms with Gasteiger partial charge < -0.3 is 10.2 Å². The van der Waals surface area contributed by atoms with Crippen LogP contribution in [0.4, 0.5) is 33.5 Å². The van der Waals surface area contributed by atoms with E-state index in [0.29, 0.717) is 10.7 Å². The first-order valence-electron chi connectivity index (χ1n) is 9.45. The molecule has 0 saturated carbocycles. The summed E-state index contributed by atoms with van der Waals surface area (Å²) in [4.78, 5) is 22.5. The number of rotatable bonds is 4. The SMILES string of the molecule is CSc1cc(NC(=O)c2cc(C(F)(F)F)c(C)nc2N2CCC(F)(F)C(C)C2)ccn1. The summed E-state index contributed by atoms with van der Waals surface area (Å²) in [6, 6.07) is 3.83. The normalized spacial score (nSPS) is 18.7. The topological polar surface area (TPSA) is 58.1 Å². The van der Waals surface area contributed by atoms with Crippen LogP contribution in [0.15, 0.2) is 29.4 Å². The lowest BCUT2D eigenvalue weighted by Crippen LogP contribution is -2.46. The first-order chi connectivity index (χ1) is 14.4. The van der Waals surface area contributed by atoms with Gasteiger partial charge in [-0.05, 0) is 31.4 Å². The maximum absolute atomic E-state index is 13.9. The van der Waals surface area contributed by atoms with Crippen LogP contribution in [0.1, 0.15) is 35.0 Å². The van der Waals surface area contributed by atoms with E-state index in [4.69, 9.17) is 0 Å². The van der Waals surface area contributed by atoms with Gasteiger partial charge in [0.05, 0.1) is 21.8 Å². The second-order valence-electron chi connectivity index (χ2n) is 7.39. The zero-order valence-electron chi connectivity index (χ0n) is 17.1. The Morgan fingerprint density at radius 2 is 2.03 bits per heavy atom. The predicted molar refractivity (Wildman–Crippen MR) is 109 cm³/mol. The molecule has 0 aliphatic carbocycles. The number of hydrogen-bond donors (Lipinski definition) is 1. The molecule has 1 atom stereocenters. The summed E-state index contributed by atoms with van der Waals surface area (Å²) in [5.74, 6) is -4.77. The van der Waals surface area contributed by atoms with Crippen molar-refractivity contribution in [3.8, 4) is 0 Å². The summed E-state index contributed by atoms with van der Waals surface area (Å²) in [6.45, 7) is 2.30. The summed E-state index contributed by atoms with van der Waals surface area (Å²) in [7, 11) is 0. The minimum Gasteiger partial charge on any atom is -0.355 e. The largest absolute Gasteiger partial charge is 0.418 e. The number of nitrogens with zero attached hydrogens (tertiary/aromatic N) is 3. The van der Waals surface area contributed by atoms with E-state index in [-0.39, 0.29) is 30.2 Å². The first kappa shape index (κ1) is 23.2. The highest BCUT2D eigenvalue weighted by atomic mass is 32.2. The maximum atomic E-state index is 13.9. The highest BCUT2D eigenvalue weighted by Crippen LogP contribution is 2.38. The minimum absolute atomic E-state index is 0.0375. The molecule has 168 valence electrons. The van der Waals surface area contributed by atoms with Gasteiger partial charge in [-0.1, -0.05) is 6.92 Å². The zero-order chi connectivity index (χ0) is 23.0. The molecular formula is C20H21F5N4OS. The third kappa shape index (κ3) is 5.08. The Morgan fingerprint density at radius 1 is 1.32 bits per heavy atom. The second kappa shape index (κ2) is 8.60. The monoisotopic (exact) mass is 460 g/mol. The number of amides is 1. The molecule has 1 fully saturated rings. The van der Waals surface area contributed by atoms with Crippen LogP contribution in [0, 0.1) is 12.8 Å². The maximum Gasteiger partial charge on any atom is 0.418 e. The van der Waals surface area contributed by atoms with Gasteiger partial charge in [-0.3, -0.25) is 4.79 Å². The summed E-state index contributed by atoms with van der Waals surface area (Å²) < 4.78 is 68.2. The van der Waals surface area contributed by atoms with E-state index in [2.05, 4.69) is 15.3 Å². The Balaban J connectivity index is 2.02. The van der Waals surface area contributed by atoms with Crippen molar-refractivity contribution in [2.75, 3.05) is 29.6 Å². The molecule has 11 heteroatoms. The molecule has 0 aromatic carbocycles. The number of nitrogens with one attached hydrogen (secondary N) is 1. The molecule has 5 nitrogen and oxygen atoms in total. The highest BCUT2D eigenvalue weighted by Gasteiger charge is 2.43. The Hall–Kier alpha value is -2.43. The summed E-state index contributed by atoms with van der Waals surface area (Å²) >= 11 is 1.34. The smallest absolute Gasteiger partial charge is 0.355 e. The van der Waals surface area contributed by atoms with Gasteiger partial charge in [0.25, 0.3) is 11.8 Å². The molecule has 1 aliphatic heterocycles. The number of anilines is 2. The van der Waals surface area contributed by atoms with Crippen LogP contribution in [0.2, 0.25) is 0 Å². The number of thioether (sulfide) groups is 1. The van der Waals surface area contributed by atoms with E-state index in [9.17, 15) is 26.7 Å². The lowest BCUT2D eigenvalue weighted by atomic mass is 9.95. The lowest BCUT2D eigenvalue weighted by Gasteiger charge is -2.38. The average molecular weight is 460 g/mol. The molecular weight excluding hydrogens is 439 g/mol. The molecule has 1 amide bonds. The van der Waals surface area contributed by atoms with Crippen molar-refractivity contribution >= 4 is 29.2 Å². The van der Waals surface area contributed by atoms with Crippen molar-refractivity contribution in [1.29, 1.82) is 0 Å². The van der Waals surface area contributed by atoms with Crippen LogP contribution in [0.25, 0.3) is 0 Å². The van der Waals surface area contributed by atoms with Gasteiger partial charge in [0.1, 0.15) is 5.82 Å². The van der Waals surface area contributed by atoms with E-state index in [1.54, 1.807) is 12.3 Å². The molecule has 31 heavy (non-hydrogen) atoms. The minimum atomic E-state index is -4.71. The number of hydrogen-bond acceptors (Lipinski definition) is 5. The summed E-state index contributed by atoms with van der Waals surface area (Å²) in [5.41, 5.74) is -1.34. The van der Waals surface area contributed by atoms with Crippen LogP contribution in [0.5, 0.6) is 0 Å². The number of carbonyl (C=O) groups excluding carboxylic acids is 1. The molecule has 3 rings (SSSR count). The molecule has 0 radical (unpaired) electrons. The van der Waals surface area contributed by atoms with E-state index in [1.165, 1.54) is 42.8 Å². The lowest BCUT2D eigenvalue weighted by molar-refractivity contribution is -0.138. The standard InChI is InChI=1S/C20H21F5N4OS/c1-11-10-29(7-5-19(11,21)22)17-14(9-15(12(2)27-17)20(23,24)25)18(30)28-13-4-6-26-16(8-13)31-3/h4,6,8-9,11H,5,7,10H2,1-3H3,(H,26,28,30). The van der Waals surface area contributed by atoms with Crippen molar-refractivity contribution in [1.82, 2.24) is 9.97 Å². The fourth-order valence-electron chi connectivity index (χ4n) is 3.36. The van der Waals surface area contributed by atoms with Gasteiger partial charge in [-0.25, -0.2) is 18.7 Å². The van der Waals surface area contributed by atoms with Crippen molar-refractivity contribution in [3.63, 3.8) is 0 Å². The molecule has 0 spiro atoms. The Morgan fingerprint density at radius 3 is 2.65 bits per heavy atom. The van der Waals surface area contributed by atoms with Gasteiger partial charge in [-0.15, -0.1) is 11.8 Å². The third-order valence-electron chi connectivity index (χ3n) is 5.17. The highest BCUT2D eigenvalue weighted by molar-refractivity contribution is 7.98. The number of aromatic nitrogens is 2. The molecule has 1 N–H and O–H groups in total. The fourth-order valence-corrected chi connectivity index (χ4v) is 3.77. The van der Waals surface area contributed by atoms with Gasteiger partial charge in [0.15, 0.2) is 0 Å². The van der Waals surface area contributed by atoms with Gasteiger partial charge in [-0.2, -0.15) is 13.2 Å². The van der Waals surface area contributed by atoms with Crippen LogP contribution in [0.3, 0.4) is 0 Å². The number of pyridine rings is 2. The van der Waals surface area contributed by atoms with E-state index >= 15 is 0 Å².